The van der Waals surface area contributed by atoms with E-state index in [2.05, 4.69) is 25.0 Å². The number of amides is 1. The molecule has 0 saturated heterocycles. The van der Waals surface area contributed by atoms with Crippen LogP contribution in [0.5, 0.6) is 5.75 Å². The van der Waals surface area contributed by atoms with Crippen molar-refractivity contribution in [3.8, 4) is 17.3 Å². The van der Waals surface area contributed by atoms with E-state index >= 15 is 0 Å². The highest BCUT2D eigenvalue weighted by Gasteiger charge is 2.25. The predicted molar refractivity (Wildman–Crippen MR) is 114 cm³/mol. The quantitative estimate of drug-likeness (QED) is 0.500. The van der Waals surface area contributed by atoms with Crippen molar-refractivity contribution >= 4 is 15.9 Å². The van der Waals surface area contributed by atoms with E-state index < -0.39 is 32.9 Å². The molecule has 1 aliphatic carbocycles. The van der Waals surface area contributed by atoms with Crippen molar-refractivity contribution in [2.75, 3.05) is 6.54 Å². The van der Waals surface area contributed by atoms with Gasteiger partial charge in [-0.1, -0.05) is 26.2 Å². The Morgan fingerprint density at radius 2 is 2.00 bits per heavy atom. The summed E-state index contributed by atoms with van der Waals surface area (Å²) < 4.78 is 26.4. The molecule has 2 heterocycles. The van der Waals surface area contributed by atoms with Gasteiger partial charge in [-0.15, -0.1) is 0 Å². The number of hydrogen-bond donors (Lipinski definition) is 4. The van der Waals surface area contributed by atoms with Gasteiger partial charge in [0.2, 0.25) is 15.8 Å². The molecule has 2 aromatic heterocycles. The Balaban J connectivity index is 1.85. The number of aromatic nitrogens is 3. The van der Waals surface area contributed by atoms with Gasteiger partial charge in [-0.3, -0.25) is 14.6 Å². The standard InChI is InChI=1S/C20H27N5O5S/c1-3-22-31(29,30)14-9-10-15(21-11-14)18-24-16(17(26)20(28)25-18)19(27)23-12(2)13-7-5-4-6-8-13/h9-13,22,26H,3-8H2,1-2H3,(H,23,27)(H,24,25,28). The van der Waals surface area contributed by atoms with Gasteiger partial charge in [-0.25, -0.2) is 18.1 Å². The minimum atomic E-state index is -3.68. The largest absolute Gasteiger partial charge is 0.501 e. The highest BCUT2D eigenvalue weighted by Crippen LogP contribution is 2.26. The predicted octanol–water partition coefficient (Wildman–Crippen LogP) is 1.53. The van der Waals surface area contributed by atoms with Crippen LogP contribution in [0.3, 0.4) is 0 Å². The molecule has 10 nitrogen and oxygen atoms in total. The first-order valence-corrected chi connectivity index (χ1v) is 11.8. The summed E-state index contributed by atoms with van der Waals surface area (Å²) in [5.74, 6) is -1.13. The maximum Gasteiger partial charge on any atom is 0.294 e. The number of rotatable bonds is 7. The molecule has 168 valence electrons. The zero-order valence-corrected chi connectivity index (χ0v) is 18.3. The average molecular weight is 450 g/mol. The fourth-order valence-corrected chi connectivity index (χ4v) is 4.71. The summed E-state index contributed by atoms with van der Waals surface area (Å²) in [6.07, 6.45) is 6.61. The number of aromatic amines is 1. The van der Waals surface area contributed by atoms with Gasteiger partial charge in [-0.2, -0.15) is 0 Å². The van der Waals surface area contributed by atoms with Crippen molar-refractivity contribution < 1.29 is 18.3 Å². The smallest absolute Gasteiger partial charge is 0.294 e. The van der Waals surface area contributed by atoms with Crippen LogP contribution in [-0.4, -0.2) is 47.0 Å². The van der Waals surface area contributed by atoms with Crippen molar-refractivity contribution in [1.82, 2.24) is 25.0 Å². The van der Waals surface area contributed by atoms with Crippen molar-refractivity contribution in [2.45, 2.75) is 56.9 Å². The van der Waals surface area contributed by atoms with Crippen LogP contribution in [0.1, 0.15) is 56.4 Å². The van der Waals surface area contributed by atoms with E-state index in [0.29, 0.717) is 5.92 Å². The first-order chi connectivity index (χ1) is 14.7. The maximum atomic E-state index is 12.7. The normalized spacial score (nSPS) is 16.1. The van der Waals surface area contributed by atoms with Crippen molar-refractivity contribution in [2.24, 2.45) is 5.92 Å². The van der Waals surface area contributed by atoms with Crippen LogP contribution in [0.4, 0.5) is 0 Å². The Hall–Kier alpha value is -2.79. The summed E-state index contributed by atoms with van der Waals surface area (Å²) in [5, 5.41) is 12.9. The monoisotopic (exact) mass is 449 g/mol. The Kier molecular flexibility index (Phi) is 7.06. The fourth-order valence-electron chi connectivity index (χ4n) is 3.73. The summed E-state index contributed by atoms with van der Waals surface area (Å²) in [5.41, 5.74) is -1.12. The molecule has 11 heteroatoms. The van der Waals surface area contributed by atoms with Gasteiger partial charge < -0.3 is 15.4 Å². The minimum absolute atomic E-state index is 0.0431. The Morgan fingerprint density at radius 1 is 1.29 bits per heavy atom. The Bertz CT molecular complexity index is 1090. The van der Waals surface area contributed by atoms with Gasteiger partial charge in [0.05, 0.1) is 0 Å². The molecule has 1 amide bonds. The van der Waals surface area contributed by atoms with E-state index in [1.165, 1.54) is 18.6 Å². The molecule has 1 fully saturated rings. The zero-order valence-electron chi connectivity index (χ0n) is 17.5. The topological polar surface area (TPSA) is 154 Å². The maximum absolute atomic E-state index is 12.7. The number of carbonyl (C=O) groups excluding carboxylic acids is 1. The molecule has 31 heavy (non-hydrogen) atoms. The molecule has 1 atom stereocenters. The molecule has 1 unspecified atom stereocenters. The van der Waals surface area contributed by atoms with Crippen LogP contribution in [0.25, 0.3) is 11.5 Å². The second kappa shape index (κ2) is 9.56. The van der Waals surface area contributed by atoms with Crippen LogP contribution in [-0.2, 0) is 10.0 Å². The summed E-state index contributed by atoms with van der Waals surface area (Å²) in [7, 11) is -3.68. The van der Waals surface area contributed by atoms with Gasteiger partial charge in [0.25, 0.3) is 11.5 Å². The van der Waals surface area contributed by atoms with E-state index in [1.807, 2.05) is 6.92 Å². The third kappa shape index (κ3) is 5.28. The van der Waals surface area contributed by atoms with Gasteiger partial charge in [0.1, 0.15) is 10.6 Å². The number of nitrogens with one attached hydrogen (secondary N) is 3. The van der Waals surface area contributed by atoms with Crippen LogP contribution in [0, 0.1) is 5.92 Å². The summed E-state index contributed by atoms with van der Waals surface area (Å²) in [6.45, 7) is 3.80. The number of nitrogens with zero attached hydrogens (tertiary/aromatic N) is 2. The van der Waals surface area contributed by atoms with E-state index in [4.69, 9.17) is 0 Å². The molecule has 1 saturated carbocycles. The van der Waals surface area contributed by atoms with E-state index in [9.17, 15) is 23.1 Å². The molecule has 2 aromatic rings. The molecule has 0 aliphatic heterocycles. The van der Waals surface area contributed by atoms with Crippen LogP contribution >= 0.6 is 0 Å². The van der Waals surface area contributed by atoms with Crippen molar-refractivity contribution in [1.29, 1.82) is 0 Å². The molecule has 0 bridgehead atoms. The first kappa shape index (κ1) is 22.9. The molecule has 0 radical (unpaired) electrons. The molecule has 1 aliphatic rings. The minimum Gasteiger partial charge on any atom is -0.501 e. The van der Waals surface area contributed by atoms with Crippen LogP contribution < -0.4 is 15.6 Å². The lowest BCUT2D eigenvalue weighted by atomic mass is 9.84. The average Bonchev–Trinajstić information content (AvgIpc) is 2.76. The third-order valence-corrected chi connectivity index (χ3v) is 6.98. The number of carbonyl (C=O) groups is 1. The highest BCUT2D eigenvalue weighted by molar-refractivity contribution is 7.89. The Morgan fingerprint density at radius 3 is 2.61 bits per heavy atom. The molecule has 0 aromatic carbocycles. The second-order valence-electron chi connectivity index (χ2n) is 7.65. The number of hydrogen-bond acceptors (Lipinski definition) is 7. The van der Waals surface area contributed by atoms with Gasteiger partial charge >= 0.3 is 0 Å². The SMILES string of the molecule is CCNS(=O)(=O)c1ccc(-c2nc(C(=O)NC(C)C3CCCCC3)c(O)c(=O)[nH]2)nc1. The molecule has 4 N–H and O–H groups in total. The Labute approximate surface area is 180 Å². The van der Waals surface area contributed by atoms with Crippen LogP contribution in [0.15, 0.2) is 28.0 Å². The molecular weight excluding hydrogens is 422 g/mol. The number of H-pyrrole nitrogens is 1. The lowest BCUT2D eigenvalue weighted by Gasteiger charge is -2.28. The van der Waals surface area contributed by atoms with E-state index in [1.54, 1.807) is 6.92 Å². The van der Waals surface area contributed by atoms with Crippen LogP contribution in [0.2, 0.25) is 0 Å². The molecular formula is C20H27N5O5S. The fraction of sp³-hybridized carbons (Fsp3) is 0.500. The zero-order chi connectivity index (χ0) is 22.6. The second-order valence-corrected chi connectivity index (χ2v) is 9.42. The van der Waals surface area contributed by atoms with Crippen molar-refractivity contribution in [3.63, 3.8) is 0 Å². The summed E-state index contributed by atoms with van der Waals surface area (Å²) >= 11 is 0. The van der Waals surface area contributed by atoms with Gasteiger partial charge in [0.15, 0.2) is 11.5 Å². The first-order valence-electron chi connectivity index (χ1n) is 10.3. The van der Waals surface area contributed by atoms with Crippen molar-refractivity contribution in [3.05, 3.63) is 34.4 Å². The number of aromatic hydroxyl groups is 1. The lowest BCUT2D eigenvalue weighted by molar-refractivity contribution is 0.0910. The lowest BCUT2D eigenvalue weighted by Crippen LogP contribution is -2.39. The van der Waals surface area contributed by atoms with E-state index in [0.717, 1.165) is 31.9 Å². The molecule has 3 rings (SSSR count). The third-order valence-electron chi connectivity index (χ3n) is 5.45. The van der Waals surface area contributed by atoms with Gasteiger partial charge in [-0.05, 0) is 37.8 Å². The number of sulfonamides is 1. The van der Waals surface area contributed by atoms with Gasteiger partial charge in [0, 0.05) is 18.8 Å². The summed E-state index contributed by atoms with van der Waals surface area (Å²) in [4.78, 5) is 35.3. The number of pyridine rings is 1. The highest BCUT2D eigenvalue weighted by atomic mass is 32.2. The molecule has 0 spiro atoms. The van der Waals surface area contributed by atoms with E-state index in [-0.39, 0.29) is 29.0 Å². The summed E-state index contributed by atoms with van der Waals surface area (Å²) in [6, 6.07) is 2.56.